The maximum absolute atomic E-state index is 11.4. The van der Waals surface area contributed by atoms with Gasteiger partial charge >= 0.3 is 0 Å². The standard InChI is InChI=1S/C15H20N2O2S2/c1-21(18,19)11-10-17-9-5-4-7-13(17)15-16-12-6-2-3-8-14(12)20-15/h2-3,6,8,13H,4-5,7,9-11H2,1H3/t13-/m1/s1. The van der Waals surface area contributed by atoms with Crippen molar-refractivity contribution in [2.24, 2.45) is 0 Å². The SMILES string of the molecule is CS(=O)(=O)CCN1CCCC[C@@H]1c1nc2ccccc2s1. The van der Waals surface area contributed by atoms with E-state index in [0.717, 1.165) is 29.9 Å². The summed E-state index contributed by atoms with van der Waals surface area (Å²) in [6, 6.07) is 8.46. The molecule has 4 nitrogen and oxygen atoms in total. The highest BCUT2D eigenvalue weighted by Crippen LogP contribution is 2.35. The summed E-state index contributed by atoms with van der Waals surface area (Å²) < 4.78 is 24.0. The van der Waals surface area contributed by atoms with Crippen molar-refractivity contribution in [3.05, 3.63) is 29.3 Å². The Morgan fingerprint density at radius 1 is 1.33 bits per heavy atom. The van der Waals surface area contributed by atoms with Gasteiger partial charge in [-0.05, 0) is 31.5 Å². The number of likely N-dealkylation sites (tertiary alicyclic amines) is 1. The first-order chi connectivity index (χ1) is 10.0. The van der Waals surface area contributed by atoms with E-state index < -0.39 is 9.84 Å². The first kappa shape index (κ1) is 14.9. The number of rotatable bonds is 4. The van der Waals surface area contributed by atoms with Gasteiger partial charge in [0.25, 0.3) is 0 Å². The van der Waals surface area contributed by atoms with Gasteiger partial charge in [-0.25, -0.2) is 13.4 Å². The third kappa shape index (κ3) is 3.62. The molecule has 1 saturated heterocycles. The van der Waals surface area contributed by atoms with Crippen LogP contribution in [0.25, 0.3) is 10.2 Å². The molecule has 1 fully saturated rings. The molecular formula is C15H20N2O2S2. The third-order valence-electron chi connectivity index (χ3n) is 3.96. The molecule has 0 saturated carbocycles. The Balaban J connectivity index is 1.83. The van der Waals surface area contributed by atoms with Crippen LogP contribution in [0.2, 0.25) is 0 Å². The van der Waals surface area contributed by atoms with Gasteiger partial charge in [0, 0.05) is 12.8 Å². The molecule has 6 heteroatoms. The summed E-state index contributed by atoms with van der Waals surface area (Å²) in [4.78, 5) is 7.05. The lowest BCUT2D eigenvalue weighted by Gasteiger charge is -2.34. The van der Waals surface area contributed by atoms with Crippen molar-refractivity contribution in [1.82, 2.24) is 9.88 Å². The molecule has 1 aromatic carbocycles. The minimum absolute atomic E-state index is 0.231. The molecule has 21 heavy (non-hydrogen) atoms. The molecule has 0 spiro atoms. The largest absolute Gasteiger partial charge is 0.293 e. The van der Waals surface area contributed by atoms with Gasteiger partial charge in [-0.15, -0.1) is 11.3 Å². The summed E-state index contributed by atoms with van der Waals surface area (Å²) in [5.74, 6) is 0.231. The summed E-state index contributed by atoms with van der Waals surface area (Å²) in [5, 5.41) is 1.13. The Bertz CT molecular complexity index is 691. The van der Waals surface area contributed by atoms with E-state index in [0.29, 0.717) is 6.54 Å². The minimum atomic E-state index is -2.91. The summed E-state index contributed by atoms with van der Waals surface area (Å²) in [6.45, 7) is 1.58. The first-order valence-corrected chi connectivity index (χ1v) is 10.2. The van der Waals surface area contributed by atoms with E-state index in [4.69, 9.17) is 4.98 Å². The van der Waals surface area contributed by atoms with Crippen LogP contribution in [-0.2, 0) is 9.84 Å². The molecule has 0 N–H and O–H groups in total. The van der Waals surface area contributed by atoms with E-state index in [1.54, 1.807) is 11.3 Å². The lowest BCUT2D eigenvalue weighted by atomic mass is 10.0. The molecule has 0 bridgehead atoms. The van der Waals surface area contributed by atoms with E-state index >= 15 is 0 Å². The summed E-state index contributed by atoms with van der Waals surface area (Å²) in [7, 11) is -2.91. The summed E-state index contributed by atoms with van der Waals surface area (Å²) >= 11 is 1.74. The monoisotopic (exact) mass is 324 g/mol. The topological polar surface area (TPSA) is 50.3 Å². The van der Waals surface area contributed by atoms with Crippen molar-refractivity contribution < 1.29 is 8.42 Å². The molecule has 1 aromatic heterocycles. The number of sulfone groups is 1. The van der Waals surface area contributed by atoms with E-state index in [9.17, 15) is 8.42 Å². The Morgan fingerprint density at radius 3 is 2.90 bits per heavy atom. The zero-order valence-corrected chi connectivity index (χ0v) is 13.8. The number of thiazole rings is 1. The van der Waals surface area contributed by atoms with Crippen LogP contribution in [0.3, 0.4) is 0 Å². The number of para-hydroxylation sites is 1. The zero-order chi connectivity index (χ0) is 14.9. The lowest BCUT2D eigenvalue weighted by molar-refractivity contribution is 0.158. The molecule has 114 valence electrons. The molecule has 0 radical (unpaired) electrons. The Morgan fingerprint density at radius 2 is 2.14 bits per heavy atom. The van der Waals surface area contributed by atoms with Crippen LogP contribution in [0.15, 0.2) is 24.3 Å². The number of hydrogen-bond acceptors (Lipinski definition) is 5. The molecule has 3 rings (SSSR count). The fourth-order valence-corrected chi connectivity index (χ4v) is 4.56. The zero-order valence-electron chi connectivity index (χ0n) is 12.2. The van der Waals surface area contributed by atoms with Gasteiger partial charge in [-0.3, -0.25) is 4.90 Å². The molecule has 0 unspecified atom stereocenters. The first-order valence-electron chi connectivity index (χ1n) is 7.30. The lowest BCUT2D eigenvalue weighted by Crippen LogP contribution is -2.36. The van der Waals surface area contributed by atoms with Crippen molar-refractivity contribution in [3.63, 3.8) is 0 Å². The second-order valence-electron chi connectivity index (χ2n) is 5.70. The van der Waals surface area contributed by atoms with Crippen LogP contribution >= 0.6 is 11.3 Å². The quantitative estimate of drug-likeness (QED) is 0.868. The maximum Gasteiger partial charge on any atom is 0.148 e. The molecular weight excluding hydrogens is 304 g/mol. The van der Waals surface area contributed by atoms with E-state index in [1.165, 1.54) is 17.4 Å². The van der Waals surface area contributed by atoms with Gasteiger partial charge < -0.3 is 0 Å². The predicted molar refractivity (Wildman–Crippen MR) is 87.5 cm³/mol. The van der Waals surface area contributed by atoms with Crippen LogP contribution in [0, 0.1) is 0 Å². The van der Waals surface area contributed by atoms with Crippen molar-refractivity contribution in [1.29, 1.82) is 0 Å². The van der Waals surface area contributed by atoms with Crippen LogP contribution in [0.5, 0.6) is 0 Å². The van der Waals surface area contributed by atoms with Crippen LogP contribution in [0.4, 0.5) is 0 Å². The van der Waals surface area contributed by atoms with E-state index in [2.05, 4.69) is 11.0 Å². The van der Waals surface area contributed by atoms with Crippen molar-refractivity contribution in [2.45, 2.75) is 25.3 Å². The van der Waals surface area contributed by atoms with Crippen molar-refractivity contribution >= 4 is 31.4 Å². The van der Waals surface area contributed by atoms with Crippen LogP contribution in [0.1, 0.15) is 30.3 Å². The summed E-state index contributed by atoms with van der Waals surface area (Å²) in [5.41, 5.74) is 1.05. The summed E-state index contributed by atoms with van der Waals surface area (Å²) in [6.07, 6.45) is 4.72. The van der Waals surface area contributed by atoms with Crippen LogP contribution < -0.4 is 0 Å². The second-order valence-corrected chi connectivity index (χ2v) is 9.02. The normalized spacial score (nSPS) is 20.9. The smallest absolute Gasteiger partial charge is 0.148 e. The van der Waals surface area contributed by atoms with Gasteiger partial charge in [0.1, 0.15) is 14.8 Å². The molecule has 2 heterocycles. The molecule has 0 aliphatic carbocycles. The fourth-order valence-electron chi connectivity index (χ4n) is 2.85. The third-order valence-corrected chi connectivity index (χ3v) is 6.02. The number of aromatic nitrogens is 1. The van der Waals surface area contributed by atoms with E-state index in [-0.39, 0.29) is 11.8 Å². The Hall–Kier alpha value is -0.980. The molecule has 0 amide bonds. The highest BCUT2D eigenvalue weighted by molar-refractivity contribution is 7.90. The van der Waals surface area contributed by atoms with Gasteiger partial charge in [-0.1, -0.05) is 18.6 Å². The van der Waals surface area contributed by atoms with Crippen molar-refractivity contribution in [3.8, 4) is 0 Å². The maximum atomic E-state index is 11.4. The Kier molecular flexibility index (Phi) is 4.28. The molecule has 1 aliphatic rings. The molecule has 1 atom stereocenters. The van der Waals surface area contributed by atoms with Gasteiger partial charge in [0.15, 0.2) is 0 Å². The highest BCUT2D eigenvalue weighted by Gasteiger charge is 2.27. The molecule has 2 aromatic rings. The molecule has 1 aliphatic heterocycles. The van der Waals surface area contributed by atoms with E-state index in [1.807, 2.05) is 18.2 Å². The number of hydrogen-bond donors (Lipinski definition) is 0. The van der Waals surface area contributed by atoms with Gasteiger partial charge in [0.2, 0.25) is 0 Å². The number of nitrogens with zero attached hydrogens (tertiary/aromatic N) is 2. The predicted octanol–water partition coefficient (Wildman–Crippen LogP) is 2.87. The average Bonchev–Trinajstić information content (AvgIpc) is 2.88. The number of benzene rings is 1. The number of piperidine rings is 1. The minimum Gasteiger partial charge on any atom is -0.293 e. The second kappa shape index (κ2) is 6.02. The average molecular weight is 324 g/mol. The van der Waals surface area contributed by atoms with Crippen molar-refractivity contribution in [2.75, 3.05) is 25.1 Å². The highest BCUT2D eigenvalue weighted by atomic mass is 32.2. The van der Waals surface area contributed by atoms with Gasteiger partial charge in [0.05, 0.1) is 22.0 Å². The van der Waals surface area contributed by atoms with Crippen LogP contribution in [-0.4, -0.2) is 43.4 Å². The number of fused-ring (bicyclic) bond motifs is 1. The van der Waals surface area contributed by atoms with Gasteiger partial charge in [-0.2, -0.15) is 0 Å². The fraction of sp³-hybridized carbons (Fsp3) is 0.533. The Labute approximate surface area is 129 Å².